The summed E-state index contributed by atoms with van der Waals surface area (Å²) in [5.74, 6) is -0.293. The van der Waals surface area contributed by atoms with Crippen molar-refractivity contribution in [1.82, 2.24) is 4.90 Å². The van der Waals surface area contributed by atoms with Crippen LogP contribution >= 0.6 is 11.6 Å². The summed E-state index contributed by atoms with van der Waals surface area (Å²) in [6, 6.07) is 12.4. The number of furan rings is 1. The van der Waals surface area contributed by atoms with Gasteiger partial charge in [-0.2, -0.15) is 5.26 Å². The molecular formula is C21H17ClN2O4. The summed E-state index contributed by atoms with van der Waals surface area (Å²) >= 11 is 5.90. The van der Waals surface area contributed by atoms with Gasteiger partial charge >= 0.3 is 0 Å². The first-order valence-electron chi connectivity index (χ1n) is 8.55. The Hall–Kier alpha value is -3.14. The van der Waals surface area contributed by atoms with E-state index in [9.17, 15) is 20.0 Å². The summed E-state index contributed by atoms with van der Waals surface area (Å²) in [6.07, 6.45) is 0.586. The molecule has 1 aliphatic heterocycles. The second kappa shape index (κ2) is 7.85. The predicted molar refractivity (Wildman–Crippen MR) is 104 cm³/mol. The number of aliphatic hydroxyl groups excluding tert-OH is 1. The SMILES string of the molecule is CC1=C(C#N)C(=O)N(C[C@H](C)O)C(=O)/C1=C/c1ccc(-c2ccc(Cl)cc2)o1. The minimum Gasteiger partial charge on any atom is -0.457 e. The van der Waals surface area contributed by atoms with Gasteiger partial charge in [0.15, 0.2) is 0 Å². The number of nitrogens with zero attached hydrogens (tertiary/aromatic N) is 2. The lowest BCUT2D eigenvalue weighted by Crippen LogP contribution is -2.45. The van der Waals surface area contributed by atoms with E-state index in [1.165, 1.54) is 13.0 Å². The number of aliphatic hydroxyl groups is 1. The summed E-state index contributed by atoms with van der Waals surface area (Å²) in [5, 5.41) is 19.5. The van der Waals surface area contributed by atoms with Gasteiger partial charge in [-0.1, -0.05) is 11.6 Å². The van der Waals surface area contributed by atoms with Crippen LogP contribution < -0.4 is 0 Å². The molecule has 142 valence electrons. The number of rotatable bonds is 4. The van der Waals surface area contributed by atoms with Gasteiger partial charge < -0.3 is 9.52 Å². The third kappa shape index (κ3) is 3.77. The van der Waals surface area contributed by atoms with Gasteiger partial charge in [0.05, 0.1) is 12.6 Å². The second-order valence-electron chi connectivity index (χ2n) is 6.45. The molecule has 0 saturated heterocycles. The molecule has 7 heteroatoms. The van der Waals surface area contributed by atoms with E-state index < -0.39 is 17.9 Å². The first-order valence-corrected chi connectivity index (χ1v) is 8.92. The van der Waals surface area contributed by atoms with Gasteiger partial charge in [0.25, 0.3) is 11.8 Å². The molecule has 2 aromatic rings. The van der Waals surface area contributed by atoms with Gasteiger partial charge in [0, 0.05) is 16.2 Å². The number of imide groups is 1. The minimum atomic E-state index is -0.910. The summed E-state index contributed by atoms with van der Waals surface area (Å²) in [4.78, 5) is 26.0. The predicted octanol–water partition coefficient (Wildman–Crippen LogP) is 3.57. The highest BCUT2D eigenvalue weighted by molar-refractivity contribution is 6.30. The molecule has 2 amide bonds. The lowest BCUT2D eigenvalue weighted by atomic mass is 9.94. The summed E-state index contributed by atoms with van der Waals surface area (Å²) in [6.45, 7) is 2.82. The maximum Gasteiger partial charge on any atom is 0.271 e. The molecule has 0 saturated carbocycles. The van der Waals surface area contributed by atoms with E-state index in [4.69, 9.17) is 16.0 Å². The fraction of sp³-hybridized carbons (Fsp3) is 0.190. The van der Waals surface area contributed by atoms with Crippen molar-refractivity contribution in [2.75, 3.05) is 6.54 Å². The molecule has 1 N–H and O–H groups in total. The fourth-order valence-electron chi connectivity index (χ4n) is 2.90. The molecule has 6 nitrogen and oxygen atoms in total. The lowest BCUT2D eigenvalue weighted by Gasteiger charge is -2.28. The number of hydrogen-bond donors (Lipinski definition) is 1. The lowest BCUT2D eigenvalue weighted by molar-refractivity contribution is -0.141. The van der Waals surface area contributed by atoms with Crippen LogP contribution in [0.1, 0.15) is 19.6 Å². The summed E-state index contributed by atoms with van der Waals surface area (Å²) in [7, 11) is 0. The third-order valence-corrected chi connectivity index (χ3v) is 4.57. The van der Waals surface area contributed by atoms with Crippen molar-refractivity contribution < 1.29 is 19.1 Å². The van der Waals surface area contributed by atoms with E-state index in [1.807, 2.05) is 18.2 Å². The standard InChI is InChI=1S/C21H17ClN2O4/c1-12(25)11-24-20(26)17(13(2)18(10-23)21(24)27)9-16-7-8-19(28-16)14-3-5-15(22)6-4-14/h3-9,12,25H,11H2,1-2H3/b17-9+/t12-/m0/s1. The number of nitriles is 1. The second-order valence-corrected chi connectivity index (χ2v) is 6.89. The van der Waals surface area contributed by atoms with Crippen LogP contribution in [-0.2, 0) is 9.59 Å². The van der Waals surface area contributed by atoms with Crippen molar-refractivity contribution >= 4 is 29.5 Å². The zero-order valence-electron chi connectivity index (χ0n) is 15.3. The van der Waals surface area contributed by atoms with Crippen LogP contribution in [-0.4, -0.2) is 34.5 Å². The van der Waals surface area contributed by atoms with Crippen LogP contribution in [0.25, 0.3) is 17.4 Å². The highest BCUT2D eigenvalue weighted by atomic mass is 35.5. The highest BCUT2D eigenvalue weighted by Crippen LogP contribution is 2.29. The molecule has 1 atom stereocenters. The van der Waals surface area contributed by atoms with Gasteiger partial charge in [-0.15, -0.1) is 0 Å². The number of hydrogen-bond acceptors (Lipinski definition) is 5. The largest absolute Gasteiger partial charge is 0.457 e. The van der Waals surface area contributed by atoms with Crippen LogP contribution in [0.5, 0.6) is 0 Å². The Bertz CT molecular complexity index is 1040. The number of carbonyl (C=O) groups excluding carboxylic acids is 2. The van der Waals surface area contributed by atoms with E-state index >= 15 is 0 Å². The Morgan fingerprint density at radius 2 is 1.89 bits per heavy atom. The number of β-amino-alcohol motifs (C(OH)–C–C–N with tert-alkyl or cyclic N) is 1. The van der Waals surface area contributed by atoms with Gasteiger partial charge in [-0.3, -0.25) is 14.5 Å². The molecule has 0 aliphatic carbocycles. The molecule has 0 fully saturated rings. The van der Waals surface area contributed by atoms with Crippen LogP contribution in [0.3, 0.4) is 0 Å². The molecule has 0 spiro atoms. The Balaban J connectivity index is 2.01. The molecule has 0 bridgehead atoms. The molecule has 3 rings (SSSR count). The van der Waals surface area contributed by atoms with Gasteiger partial charge in [0.2, 0.25) is 0 Å². The summed E-state index contributed by atoms with van der Waals surface area (Å²) < 4.78 is 5.79. The molecular weight excluding hydrogens is 380 g/mol. The van der Waals surface area contributed by atoms with Gasteiger partial charge in [0.1, 0.15) is 23.2 Å². The van der Waals surface area contributed by atoms with Crippen LogP contribution in [0.4, 0.5) is 0 Å². The van der Waals surface area contributed by atoms with Crippen molar-refractivity contribution in [3.05, 3.63) is 63.9 Å². The normalized spacial score (nSPS) is 17.2. The summed E-state index contributed by atoms with van der Waals surface area (Å²) in [5.41, 5.74) is 1.15. The van der Waals surface area contributed by atoms with Gasteiger partial charge in [-0.25, -0.2) is 0 Å². The molecule has 1 aliphatic rings. The first kappa shape index (κ1) is 19.6. The Morgan fingerprint density at radius 1 is 1.21 bits per heavy atom. The maximum atomic E-state index is 12.8. The molecule has 1 aromatic carbocycles. The Kier molecular flexibility index (Phi) is 5.50. The van der Waals surface area contributed by atoms with E-state index in [0.717, 1.165) is 10.5 Å². The van der Waals surface area contributed by atoms with Gasteiger partial charge in [-0.05, 0) is 61.9 Å². The average Bonchev–Trinajstić information content (AvgIpc) is 3.12. The number of amides is 2. The topological polar surface area (TPSA) is 94.5 Å². The minimum absolute atomic E-state index is 0.129. The zero-order valence-corrected chi connectivity index (χ0v) is 16.0. The number of benzene rings is 1. The van der Waals surface area contributed by atoms with E-state index in [1.54, 1.807) is 31.2 Å². The molecule has 28 heavy (non-hydrogen) atoms. The Labute approximate surface area is 166 Å². The van der Waals surface area contributed by atoms with E-state index in [-0.39, 0.29) is 23.3 Å². The number of carbonyl (C=O) groups is 2. The third-order valence-electron chi connectivity index (χ3n) is 4.31. The van der Waals surface area contributed by atoms with E-state index in [0.29, 0.717) is 16.5 Å². The van der Waals surface area contributed by atoms with Crippen molar-refractivity contribution in [2.45, 2.75) is 20.0 Å². The average molecular weight is 397 g/mol. The first-order chi connectivity index (χ1) is 13.3. The highest BCUT2D eigenvalue weighted by Gasteiger charge is 2.36. The zero-order chi connectivity index (χ0) is 20.4. The fourth-order valence-corrected chi connectivity index (χ4v) is 3.03. The van der Waals surface area contributed by atoms with Crippen molar-refractivity contribution in [3.8, 4) is 17.4 Å². The monoisotopic (exact) mass is 396 g/mol. The van der Waals surface area contributed by atoms with Crippen LogP contribution in [0.2, 0.25) is 5.02 Å². The molecule has 0 radical (unpaired) electrons. The van der Waals surface area contributed by atoms with Crippen LogP contribution in [0.15, 0.2) is 57.5 Å². The quantitative estimate of drug-likeness (QED) is 0.629. The van der Waals surface area contributed by atoms with Crippen molar-refractivity contribution in [3.63, 3.8) is 0 Å². The maximum absolute atomic E-state index is 12.8. The smallest absolute Gasteiger partial charge is 0.271 e. The molecule has 1 aromatic heterocycles. The molecule has 2 heterocycles. The molecule has 0 unspecified atom stereocenters. The van der Waals surface area contributed by atoms with Crippen molar-refractivity contribution in [1.29, 1.82) is 5.26 Å². The number of halogens is 1. The van der Waals surface area contributed by atoms with Crippen molar-refractivity contribution in [2.24, 2.45) is 0 Å². The Morgan fingerprint density at radius 3 is 2.50 bits per heavy atom. The van der Waals surface area contributed by atoms with E-state index in [2.05, 4.69) is 0 Å². The van der Waals surface area contributed by atoms with Crippen LogP contribution in [0, 0.1) is 11.3 Å².